The van der Waals surface area contributed by atoms with Crippen molar-refractivity contribution >= 4 is 0 Å². The van der Waals surface area contributed by atoms with Crippen molar-refractivity contribution < 1.29 is 14.6 Å². The lowest BCUT2D eigenvalue weighted by molar-refractivity contribution is -0.183. The van der Waals surface area contributed by atoms with Gasteiger partial charge in [-0.05, 0) is 24.8 Å². The van der Waals surface area contributed by atoms with Crippen molar-refractivity contribution in [2.24, 2.45) is 0 Å². The molecule has 0 bridgehead atoms. The van der Waals surface area contributed by atoms with Crippen molar-refractivity contribution in [1.29, 1.82) is 0 Å². The molecule has 0 unspecified atom stereocenters. The van der Waals surface area contributed by atoms with Crippen LogP contribution >= 0.6 is 0 Å². The fourth-order valence-electron chi connectivity index (χ4n) is 3.17. The van der Waals surface area contributed by atoms with Gasteiger partial charge in [-0.3, -0.25) is 0 Å². The molecule has 0 aromatic heterocycles. The summed E-state index contributed by atoms with van der Waals surface area (Å²) in [5.74, 6) is 0. The lowest BCUT2D eigenvalue weighted by atomic mass is 9.84. The van der Waals surface area contributed by atoms with Crippen molar-refractivity contribution in [2.45, 2.75) is 37.6 Å². The fourth-order valence-corrected chi connectivity index (χ4v) is 3.17. The van der Waals surface area contributed by atoms with Crippen molar-refractivity contribution in [3.63, 3.8) is 0 Å². The molecular weight excluding hydrogens is 266 g/mol. The number of likely N-dealkylation sites (tertiary alicyclic amines) is 1. The zero-order valence-corrected chi connectivity index (χ0v) is 12.5. The van der Waals surface area contributed by atoms with Gasteiger partial charge in [0.25, 0.3) is 0 Å². The molecule has 2 saturated heterocycles. The molecule has 0 spiro atoms. The maximum absolute atomic E-state index is 10.8. The van der Waals surface area contributed by atoms with E-state index in [4.69, 9.17) is 9.47 Å². The minimum atomic E-state index is -0.657. The summed E-state index contributed by atoms with van der Waals surface area (Å²) in [6.07, 6.45) is 3.48. The van der Waals surface area contributed by atoms with Crippen LogP contribution in [-0.2, 0) is 15.1 Å². The highest BCUT2D eigenvalue weighted by atomic mass is 16.7. The molecule has 116 valence electrons. The Balaban J connectivity index is 1.46. The van der Waals surface area contributed by atoms with E-state index in [9.17, 15) is 5.11 Å². The second-order valence-electron chi connectivity index (χ2n) is 6.05. The van der Waals surface area contributed by atoms with E-state index in [0.717, 1.165) is 64.1 Å². The van der Waals surface area contributed by atoms with E-state index in [2.05, 4.69) is 4.90 Å². The molecular formula is C17H25NO3. The Labute approximate surface area is 126 Å². The van der Waals surface area contributed by atoms with Gasteiger partial charge < -0.3 is 19.5 Å². The standard InChI is InChI=1S/C17H25NO3/c19-17(15-5-2-1-3-6-15)8-11-18(12-9-17)10-7-16-20-13-4-14-21-16/h1-3,5-6,16,19H,4,7-14H2. The summed E-state index contributed by atoms with van der Waals surface area (Å²) in [7, 11) is 0. The highest BCUT2D eigenvalue weighted by molar-refractivity contribution is 5.22. The van der Waals surface area contributed by atoms with Gasteiger partial charge in [-0.15, -0.1) is 0 Å². The summed E-state index contributed by atoms with van der Waals surface area (Å²) in [6, 6.07) is 10.0. The number of hydrogen-bond donors (Lipinski definition) is 1. The van der Waals surface area contributed by atoms with E-state index >= 15 is 0 Å². The number of piperidine rings is 1. The number of benzene rings is 1. The van der Waals surface area contributed by atoms with Gasteiger partial charge in [0.05, 0.1) is 18.8 Å². The Kier molecular flexibility index (Phi) is 4.91. The highest BCUT2D eigenvalue weighted by Crippen LogP contribution is 2.32. The summed E-state index contributed by atoms with van der Waals surface area (Å²) < 4.78 is 11.2. The molecule has 2 heterocycles. The second-order valence-corrected chi connectivity index (χ2v) is 6.05. The van der Waals surface area contributed by atoms with Crippen LogP contribution in [0.1, 0.15) is 31.2 Å². The quantitative estimate of drug-likeness (QED) is 0.923. The lowest BCUT2D eigenvalue weighted by Gasteiger charge is -2.39. The Morgan fingerprint density at radius 2 is 1.76 bits per heavy atom. The third-order valence-corrected chi connectivity index (χ3v) is 4.57. The largest absolute Gasteiger partial charge is 0.385 e. The maximum atomic E-state index is 10.8. The molecule has 0 radical (unpaired) electrons. The van der Waals surface area contributed by atoms with E-state index < -0.39 is 5.60 Å². The smallest absolute Gasteiger partial charge is 0.158 e. The van der Waals surface area contributed by atoms with Crippen molar-refractivity contribution in [3.05, 3.63) is 35.9 Å². The Morgan fingerprint density at radius 3 is 2.43 bits per heavy atom. The molecule has 0 amide bonds. The normalized spacial score (nSPS) is 24.0. The minimum Gasteiger partial charge on any atom is -0.385 e. The number of hydrogen-bond acceptors (Lipinski definition) is 4. The van der Waals surface area contributed by atoms with E-state index in [1.54, 1.807) is 0 Å². The van der Waals surface area contributed by atoms with Gasteiger partial charge in [0, 0.05) is 26.1 Å². The number of nitrogens with zero attached hydrogens (tertiary/aromatic N) is 1. The number of rotatable bonds is 4. The van der Waals surface area contributed by atoms with Gasteiger partial charge in [0.15, 0.2) is 6.29 Å². The zero-order valence-electron chi connectivity index (χ0n) is 12.5. The average molecular weight is 291 g/mol. The highest BCUT2D eigenvalue weighted by Gasteiger charge is 2.33. The molecule has 0 atom stereocenters. The van der Waals surface area contributed by atoms with Gasteiger partial charge in [0.1, 0.15) is 0 Å². The molecule has 2 aliphatic heterocycles. The predicted octanol–water partition coefficient (Wildman–Crippen LogP) is 2.12. The molecule has 4 nitrogen and oxygen atoms in total. The van der Waals surface area contributed by atoms with Crippen LogP contribution in [0.4, 0.5) is 0 Å². The zero-order chi connectivity index (χ0) is 14.5. The van der Waals surface area contributed by atoms with E-state index in [1.165, 1.54) is 0 Å². The molecule has 0 saturated carbocycles. The average Bonchev–Trinajstić information content (AvgIpc) is 2.56. The van der Waals surface area contributed by atoms with E-state index in [0.29, 0.717) is 0 Å². The van der Waals surface area contributed by atoms with Crippen LogP contribution in [0, 0.1) is 0 Å². The van der Waals surface area contributed by atoms with Gasteiger partial charge >= 0.3 is 0 Å². The molecule has 4 heteroatoms. The topological polar surface area (TPSA) is 41.9 Å². The molecule has 21 heavy (non-hydrogen) atoms. The van der Waals surface area contributed by atoms with Gasteiger partial charge in [-0.2, -0.15) is 0 Å². The van der Waals surface area contributed by atoms with Gasteiger partial charge in [0.2, 0.25) is 0 Å². The monoisotopic (exact) mass is 291 g/mol. The van der Waals surface area contributed by atoms with Crippen molar-refractivity contribution in [2.75, 3.05) is 32.8 Å². The first-order valence-electron chi connectivity index (χ1n) is 8.00. The van der Waals surface area contributed by atoms with Crippen LogP contribution in [0.25, 0.3) is 0 Å². The van der Waals surface area contributed by atoms with Crippen LogP contribution in [0.5, 0.6) is 0 Å². The van der Waals surface area contributed by atoms with Gasteiger partial charge in [-0.25, -0.2) is 0 Å². The summed E-state index contributed by atoms with van der Waals surface area (Å²) in [5, 5.41) is 10.8. The summed E-state index contributed by atoms with van der Waals surface area (Å²) in [4.78, 5) is 2.40. The summed E-state index contributed by atoms with van der Waals surface area (Å²) in [6.45, 7) is 4.47. The fraction of sp³-hybridized carbons (Fsp3) is 0.647. The molecule has 1 N–H and O–H groups in total. The number of aliphatic hydroxyl groups is 1. The molecule has 1 aromatic carbocycles. The minimum absolute atomic E-state index is 0.0336. The van der Waals surface area contributed by atoms with Crippen LogP contribution in [0.3, 0.4) is 0 Å². The first-order chi connectivity index (χ1) is 10.3. The Morgan fingerprint density at radius 1 is 1.10 bits per heavy atom. The molecule has 2 fully saturated rings. The maximum Gasteiger partial charge on any atom is 0.158 e. The first kappa shape index (κ1) is 15.0. The van der Waals surface area contributed by atoms with Crippen molar-refractivity contribution in [1.82, 2.24) is 4.90 Å². The molecule has 3 rings (SSSR count). The van der Waals surface area contributed by atoms with E-state index in [-0.39, 0.29) is 6.29 Å². The lowest BCUT2D eigenvalue weighted by Crippen LogP contribution is -2.43. The second kappa shape index (κ2) is 6.88. The van der Waals surface area contributed by atoms with Crippen LogP contribution in [0.15, 0.2) is 30.3 Å². The molecule has 2 aliphatic rings. The Bertz CT molecular complexity index is 423. The summed E-state index contributed by atoms with van der Waals surface area (Å²) >= 11 is 0. The predicted molar refractivity (Wildman–Crippen MR) is 80.9 cm³/mol. The molecule has 1 aromatic rings. The van der Waals surface area contributed by atoms with Crippen LogP contribution in [-0.4, -0.2) is 49.1 Å². The summed E-state index contributed by atoms with van der Waals surface area (Å²) in [5.41, 5.74) is 0.388. The third kappa shape index (κ3) is 3.83. The first-order valence-corrected chi connectivity index (χ1v) is 8.00. The Hall–Kier alpha value is -0.940. The van der Waals surface area contributed by atoms with Crippen molar-refractivity contribution in [3.8, 4) is 0 Å². The van der Waals surface area contributed by atoms with Crippen LogP contribution in [0.2, 0.25) is 0 Å². The van der Waals surface area contributed by atoms with E-state index in [1.807, 2.05) is 30.3 Å². The number of ether oxygens (including phenoxy) is 2. The SMILES string of the molecule is OC1(c2ccccc2)CCN(CCC2OCCCO2)CC1. The van der Waals surface area contributed by atoms with Crippen LogP contribution < -0.4 is 0 Å². The third-order valence-electron chi connectivity index (χ3n) is 4.57. The van der Waals surface area contributed by atoms with Gasteiger partial charge in [-0.1, -0.05) is 30.3 Å². The molecule has 0 aliphatic carbocycles.